The Labute approximate surface area is 209 Å². The predicted octanol–water partition coefficient (Wildman–Crippen LogP) is 6.00. The lowest BCUT2D eigenvalue weighted by Crippen LogP contribution is -2.08. The van der Waals surface area contributed by atoms with Crippen molar-refractivity contribution in [3.8, 4) is 11.3 Å². The minimum atomic E-state index is -0.902. The second-order valence-electron chi connectivity index (χ2n) is 10.6. The van der Waals surface area contributed by atoms with E-state index in [4.69, 9.17) is 5.10 Å². The zero-order chi connectivity index (χ0) is 24.2. The van der Waals surface area contributed by atoms with Crippen LogP contribution in [0.1, 0.15) is 78.2 Å². The lowest BCUT2D eigenvalue weighted by molar-refractivity contribution is 0.0697. The van der Waals surface area contributed by atoms with Gasteiger partial charge in [-0.3, -0.25) is 0 Å². The predicted molar refractivity (Wildman–Crippen MR) is 139 cm³/mol. The van der Waals surface area contributed by atoms with Crippen LogP contribution in [-0.2, 0) is 13.1 Å². The fraction of sp³-hybridized carbons (Fsp3) is 0.379. The molecule has 2 aromatic carbocycles. The Hall–Kier alpha value is -3.74. The third-order valence-electron chi connectivity index (χ3n) is 8.10. The number of tetrazole rings is 1. The third-order valence-corrected chi connectivity index (χ3v) is 8.10. The normalized spacial score (nSPS) is 17.9. The van der Waals surface area contributed by atoms with Crippen LogP contribution in [0.15, 0.2) is 42.5 Å². The molecule has 2 aliphatic carbocycles. The number of fused-ring (bicyclic) bond motifs is 5. The molecule has 182 valence electrons. The highest BCUT2D eigenvalue weighted by atomic mass is 16.4. The van der Waals surface area contributed by atoms with E-state index in [2.05, 4.69) is 45.2 Å². The van der Waals surface area contributed by atoms with E-state index in [9.17, 15) is 9.90 Å². The number of hydrogen-bond donors (Lipinski definition) is 1. The van der Waals surface area contributed by atoms with E-state index in [-0.39, 0.29) is 0 Å². The van der Waals surface area contributed by atoms with Gasteiger partial charge in [0.1, 0.15) is 0 Å². The first kappa shape index (κ1) is 21.5. The Morgan fingerprint density at radius 1 is 1.03 bits per heavy atom. The van der Waals surface area contributed by atoms with Crippen molar-refractivity contribution < 1.29 is 9.90 Å². The lowest BCUT2D eigenvalue weighted by atomic mass is 9.81. The van der Waals surface area contributed by atoms with Gasteiger partial charge in [0.2, 0.25) is 5.82 Å². The number of hydrogen-bond acceptors (Lipinski definition) is 4. The van der Waals surface area contributed by atoms with Gasteiger partial charge < -0.3 is 9.67 Å². The fourth-order valence-corrected chi connectivity index (χ4v) is 6.13. The maximum atomic E-state index is 11.9. The number of carboxylic acids is 1. The monoisotopic (exact) mass is 479 g/mol. The van der Waals surface area contributed by atoms with Crippen molar-refractivity contribution in [1.29, 1.82) is 0 Å². The molecule has 36 heavy (non-hydrogen) atoms. The molecular weight excluding hydrogens is 450 g/mol. The highest BCUT2D eigenvalue weighted by Crippen LogP contribution is 2.47. The number of allylic oxidation sites excluding steroid dienone is 1. The van der Waals surface area contributed by atoms with Crippen LogP contribution < -0.4 is 0 Å². The summed E-state index contributed by atoms with van der Waals surface area (Å²) in [6.07, 6.45) is 10.8. The first-order chi connectivity index (χ1) is 17.7. The van der Waals surface area contributed by atoms with Crippen molar-refractivity contribution >= 4 is 28.5 Å². The summed E-state index contributed by atoms with van der Waals surface area (Å²) in [5.41, 5.74) is 7.19. The van der Waals surface area contributed by atoms with Gasteiger partial charge in [-0.2, -0.15) is 4.80 Å². The lowest BCUT2D eigenvalue weighted by Gasteiger charge is -2.24. The summed E-state index contributed by atoms with van der Waals surface area (Å²) in [6.45, 7) is 1.40. The zero-order valence-corrected chi connectivity index (χ0v) is 20.2. The highest BCUT2D eigenvalue weighted by molar-refractivity contribution is 6.00. The number of carbonyl (C=O) groups is 1. The van der Waals surface area contributed by atoms with E-state index in [1.807, 2.05) is 12.1 Å². The summed E-state index contributed by atoms with van der Waals surface area (Å²) in [4.78, 5) is 13.6. The topological polar surface area (TPSA) is 85.8 Å². The largest absolute Gasteiger partial charge is 0.478 e. The van der Waals surface area contributed by atoms with Crippen molar-refractivity contribution in [2.45, 2.75) is 64.0 Å². The molecule has 7 heteroatoms. The van der Waals surface area contributed by atoms with Gasteiger partial charge in [0.15, 0.2) is 0 Å². The minimum Gasteiger partial charge on any atom is -0.478 e. The number of rotatable bonds is 5. The Morgan fingerprint density at radius 2 is 1.86 bits per heavy atom. The van der Waals surface area contributed by atoms with Gasteiger partial charge in [-0.15, -0.1) is 10.2 Å². The van der Waals surface area contributed by atoms with E-state index in [0.29, 0.717) is 29.8 Å². The van der Waals surface area contributed by atoms with Crippen LogP contribution in [0.2, 0.25) is 0 Å². The number of carboxylic acid groups (broad SMARTS) is 1. The van der Waals surface area contributed by atoms with Crippen LogP contribution in [0.3, 0.4) is 0 Å². The molecule has 0 atom stereocenters. The van der Waals surface area contributed by atoms with Gasteiger partial charge >= 0.3 is 5.97 Å². The van der Waals surface area contributed by atoms with Gasteiger partial charge in [-0.05, 0) is 72.1 Å². The molecule has 0 spiro atoms. The second kappa shape index (κ2) is 8.43. The standard InChI is InChI=1S/C29H29N5O2/c35-29(36)21-12-13-24-25(15-21)33-17-22(28-30-32-34(31-28)16-18-10-11-18)14-20-8-4-5-9-23(20)27(33)26(24)19-6-2-1-3-7-19/h4-5,8-9,12-15,18-19H,1-3,6-7,10-11,16-17H2,(H,35,36). The average Bonchev–Trinajstić information content (AvgIpc) is 3.54. The molecule has 0 saturated heterocycles. The van der Waals surface area contributed by atoms with E-state index >= 15 is 0 Å². The Kier molecular flexibility index (Phi) is 5.04. The maximum absolute atomic E-state index is 11.9. The van der Waals surface area contributed by atoms with Gasteiger partial charge in [0.25, 0.3) is 0 Å². The molecule has 0 bridgehead atoms. The molecule has 2 aromatic heterocycles. The number of aromatic nitrogens is 5. The Bertz CT molecular complexity index is 1520. The van der Waals surface area contributed by atoms with Gasteiger partial charge in [-0.1, -0.05) is 49.6 Å². The van der Waals surface area contributed by atoms with Crippen molar-refractivity contribution in [3.05, 3.63) is 65.0 Å². The number of benzene rings is 2. The summed E-state index contributed by atoms with van der Waals surface area (Å²) in [7, 11) is 0. The van der Waals surface area contributed by atoms with Crippen LogP contribution in [0.5, 0.6) is 0 Å². The Balaban J connectivity index is 1.45. The van der Waals surface area contributed by atoms with Crippen LogP contribution in [0.25, 0.3) is 33.8 Å². The van der Waals surface area contributed by atoms with Gasteiger partial charge in [0.05, 0.1) is 24.3 Å². The quantitative estimate of drug-likeness (QED) is 0.379. The van der Waals surface area contributed by atoms with Gasteiger partial charge in [0, 0.05) is 22.0 Å². The molecule has 2 saturated carbocycles. The molecular formula is C29H29N5O2. The van der Waals surface area contributed by atoms with Crippen LogP contribution in [-0.4, -0.2) is 35.9 Å². The molecule has 0 radical (unpaired) electrons. The first-order valence-electron chi connectivity index (χ1n) is 13.1. The zero-order valence-electron chi connectivity index (χ0n) is 20.2. The van der Waals surface area contributed by atoms with Crippen molar-refractivity contribution in [2.75, 3.05) is 0 Å². The minimum absolute atomic E-state index is 0.314. The summed E-state index contributed by atoms with van der Waals surface area (Å²) >= 11 is 0. The van der Waals surface area contributed by atoms with E-state index in [1.165, 1.54) is 67.2 Å². The summed E-state index contributed by atoms with van der Waals surface area (Å²) in [5, 5.41) is 24.5. The molecule has 3 aliphatic rings. The number of aromatic carboxylic acids is 1. The molecule has 0 amide bonds. The maximum Gasteiger partial charge on any atom is 0.335 e. The second-order valence-corrected chi connectivity index (χ2v) is 10.6. The molecule has 0 unspecified atom stereocenters. The summed E-state index contributed by atoms with van der Waals surface area (Å²) in [6, 6.07) is 14.1. The molecule has 2 fully saturated rings. The molecule has 4 aromatic rings. The van der Waals surface area contributed by atoms with E-state index < -0.39 is 5.97 Å². The van der Waals surface area contributed by atoms with E-state index in [0.717, 1.165) is 23.2 Å². The summed E-state index contributed by atoms with van der Waals surface area (Å²) < 4.78 is 2.31. The average molecular weight is 480 g/mol. The molecule has 3 heterocycles. The molecule has 7 nitrogen and oxygen atoms in total. The molecule has 1 N–H and O–H groups in total. The SMILES string of the molecule is O=C(O)c1ccc2c(C3CCCCC3)c3n(c2c1)CC(c1nnn(CC2CC2)n1)=Cc1ccccc1-3. The van der Waals surface area contributed by atoms with Gasteiger partial charge in [-0.25, -0.2) is 4.79 Å². The van der Waals surface area contributed by atoms with Crippen LogP contribution in [0.4, 0.5) is 0 Å². The smallest absolute Gasteiger partial charge is 0.335 e. The van der Waals surface area contributed by atoms with Crippen LogP contribution in [0, 0.1) is 5.92 Å². The van der Waals surface area contributed by atoms with Crippen LogP contribution >= 0.6 is 0 Å². The highest BCUT2D eigenvalue weighted by Gasteiger charge is 2.30. The van der Waals surface area contributed by atoms with Crippen molar-refractivity contribution in [3.63, 3.8) is 0 Å². The van der Waals surface area contributed by atoms with Crippen molar-refractivity contribution in [1.82, 2.24) is 24.8 Å². The third kappa shape index (κ3) is 3.65. The Morgan fingerprint density at radius 3 is 2.67 bits per heavy atom. The van der Waals surface area contributed by atoms with E-state index in [1.54, 1.807) is 10.9 Å². The fourth-order valence-electron chi connectivity index (χ4n) is 6.13. The number of nitrogens with zero attached hydrogens (tertiary/aromatic N) is 5. The summed E-state index contributed by atoms with van der Waals surface area (Å²) in [5.74, 6) is 0.888. The molecule has 7 rings (SSSR count). The first-order valence-corrected chi connectivity index (χ1v) is 13.1. The molecule has 1 aliphatic heterocycles. The van der Waals surface area contributed by atoms with Crippen molar-refractivity contribution in [2.24, 2.45) is 5.92 Å².